The van der Waals surface area contributed by atoms with E-state index in [1.165, 1.54) is 17.0 Å². The van der Waals surface area contributed by atoms with Gasteiger partial charge in [-0.05, 0) is 57.2 Å². The Labute approximate surface area is 262 Å². The first-order valence-corrected chi connectivity index (χ1v) is 16.1. The minimum atomic E-state index is -3.93. The minimum Gasteiger partial charge on any atom is -0.465 e. The van der Waals surface area contributed by atoms with Crippen LogP contribution in [0.2, 0.25) is 0 Å². The number of nitrogens with zero attached hydrogens (tertiary/aromatic N) is 2. The number of guanidine groups is 1. The van der Waals surface area contributed by atoms with E-state index in [0.717, 1.165) is 11.1 Å². The van der Waals surface area contributed by atoms with E-state index in [0.29, 0.717) is 19.4 Å². The predicted octanol–water partition coefficient (Wildman–Crippen LogP) is 1.33. The number of esters is 1. The maximum absolute atomic E-state index is 13.3. The lowest BCUT2D eigenvalue weighted by Crippen LogP contribution is -2.53. The number of rotatable bonds is 14. The zero-order valence-corrected chi connectivity index (χ0v) is 26.2. The zero-order chi connectivity index (χ0) is 32.8. The number of ether oxygens (including phenoxy) is 2. The molecule has 0 unspecified atom stereocenters. The first-order valence-electron chi connectivity index (χ1n) is 14.6. The molecule has 244 valence electrons. The number of amides is 3. The Balaban J connectivity index is 1.60. The number of carbonyl (C=O) groups is 4. The van der Waals surface area contributed by atoms with Crippen LogP contribution in [0.4, 0.5) is 4.79 Å². The molecule has 3 rings (SSSR count). The van der Waals surface area contributed by atoms with Gasteiger partial charge in [-0.25, -0.2) is 17.9 Å². The molecule has 45 heavy (non-hydrogen) atoms. The SMILES string of the molecule is CCOC(=O)CNC(=O)[C@@H](CCCN=C(N)NS(=O)(=O)c1ccc(C)cc1)NC(=O)[C@@H]1CCCN1C(=O)OCc1ccccc1. The maximum atomic E-state index is 13.3. The number of aliphatic imine (C=N–C) groups is 1. The van der Waals surface area contributed by atoms with Gasteiger partial charge in [0.05, 0.1) is 11.5 Å². The van der Waals surface area contributed by atoms with Crippen LogP contribution in [-0.2, 0) is 40.5 Å². The van der Waals surface area contributed by atoms with Gasteiger partial charge in [0.2, 0.25) is 17.8 Å². The van der Waals surface area contributed by atoms with Crippen molar-refractivity contribution in [2.24, 2.45) is 10.7 Å². The van der Waals surface area contributed by atoms with Crippen molar-refractivity contribution in [1.29, 1.82) is 0 Å². The van der Waals surface area contributed by atoms with Crippen LogP contribution < -0.4 is 21.1 Å². The van der Waals surface area contributed by atoms with Gasteiger partial charge in [0, 0.05) is 13.1 Å². The van der Waals surface area contributed by atoms with E-state index in [4.69, 9.17) is 15.2 Å². The van der Waals surface area contributed by atoms with Crippen LogP contribution in [0.25, 0.3) is 0 Å². The largest absolute Gasteiger partial charge is 0.465 e. The van der Waals surface area contributed by atoms with Crippen molar-refractivity contribution in [3.05, 3.63) is 65.7 Å². The molecule has 1 aliphatic heterocycles. The van der Waals surface area contributed by atoms with Crippen LogP contribution in [0.15, 0.2) is 64.5 Å². The molecule has 0 spiro atoms. The number of likely N-dealkylation sites (tertiary alicyclic amines) is 1. The summed E-state index contributed by atoms with van der Waals surface area (Å²) in [5.41, 5.74) is 7.49. The lowest BCUT2D eigenvalue weighted by Gasteiger charge is -2.26. The number of nitrogens with two attached hydrogens (primary N) is 1. The molecule has 5 N–H and O–H groups in total. The monoisotopic (exact) mass is 644 g/mol. The highest BCUT2D eigenvalue weighted by molar-refractivity contribution is 7.90. The van der Waals surface area contributed by atoms with Gasteiger partial charge in [0.1, 0.15) is 25.2 Å². The van der Waals surface area contributed by atoms with Crippen molar-refractivity contribution in [3.8, 4) is 0 Å². The molecule has 1 heterocycles. The highest BCUT2D eigenvalue weighted by Gasteiger charge is 2.36. The molecule has 0 aliphatic carbocycles. The highest BCUT2D eigenvalue weighted by atomic mass is 32.2. The number of sulfonamides is 1. The van der Waals surface area contributed by atoms with Crippen LogP contribution in [0, 0.1) is 6.92 Å². The van der Waals surface area contributed by atoms with E-state index < -0.39 is 52.5 Å². The van der Waals surface area contributed by atoms with E-state index in [1.54, 1.807) is 19.1 Å². The van der Waals surface area contributed by atoms with Gasteiger partial charge in [0.15, 0.2) is 0 Å². The fourth-order valence-corrected chi connectivity index (χ4v) is 5.48. The molecule has 15 heteroatoms. The molecule has 0 radical (unpaired) electrons. The molecule has 14 nitrogen and oxygen atoms in total. The number of nitrogens with one attached hydrogen (secondary N) is 3. The average molecular weight is 645 g/mol. The molecular formula is C30H40N6O8S. The summed E-state index contributed by atoms with van der Waals surface area (Å²) < 4.78 is 37.5. The van der Waals surface area contributed by atoms with Crippen LogP contribution >= 0.6 is 0 Å². The van der Waals surface area contributed by atoms with E-state index >= 15 is 0 Å². The highest BCUT2D eigenvalue weighted by Crippen LogP contribution is 2.20. The predicted molar refractivity (Wildman–Crippen MR) is 165 cm³/mol. The second-order valence-corrected chi connectivity index (χ2v) is 12.0. The number of carbonyl (C=O) groups excluding carboxylic acids is 4. The van der Waals surface area contributed by atoms with Crippen molar-refractivity contribution in [2.75, 3.05) is 26.2 Å². The Morgan fingerprint density at radius 2 is 1.78 bits per heavy atom. The molecule has 0 aromatic heterocycles. The van der Waals surface area contributed by atoms with E-state index in [2.05, 4.69) is 20.3 Å². The molecule has 1 aliphatic rings. The van der Waals surface area contributed by atoms with E-state index in [-0.39, 0.29) is 43.5 Å². The maximum Gasteiger partial charge on any atom is 0.410 e. The third-order valence-electron chi connectivity index (χ3n) is 6.84. The van der Waals surface area contributed by atoms with Crippen LogP contribution in [-0.4, -0.2) is 81.5 Å². The number of hydrogen-bond donors (Lipinski definition) is 4. The fraction of sp³-hybridized carbons (Fsp3) is 0.433. The molecule has 2 atom stereocenters. The second kappa shape index (κ2) is 17.0. The molecule has 0 bridgehead atoms. The molecule has 2 aromatic rings. The lowest BCUT2D eigenvalue weighted by atomic mass is 10.1. The first-order chi connectivity index (χ1) is 21.5. The van der Waals surface area contributed by atoms with Crippen molar-refractivity contribution in [1.82, 2.24) is 20.3 Å². The molecular weight excluding hydrogens is 604 g/mol. The number of benzene rings is 2. The minimum absolute atomic E-state index is 0.0252. The van der Waals surface area contributed by atoms with E-state index in [9.17, 15) is 27.6 Å². The number of hydrogen-bond acceptors (Lipinski definition) is 9. The Morgan fingerprint density at radius 3 is 2.47 bits per heavy atom. The summed E-state index contributed by atoms with van der Waals surface area (Å²) in [5, 5.41) is 5.13. The molecule has 0 saturated carbocycles. The van der Waals surface area contributed by atoms with Crippen LogP contribution in [0.3, 0.4) is 0 Å². The quantitative estimate of drug-likeness (QED) is 0.101. The van der Waals surface area contributed by atoms with Crippen LogP contribution in [0.5, 0.6) is 0 Å². The Bertz CT molecular complexity index is 1450. The summed E-state index contributed by atoms with van der Waals surface area (Å²) in [4.78, 5) is 56.2. The van der Waals surface area contributed by atoms with Crippen molar-refractivity contribution in [3.63, 3.8) is 0 Å². The van der Waals surface area contributed by atoms with Gasteiger partial charge in [-0.3, -0.25) is 24.3 Å². The van der Waals surface area contributed by atoms with Crippen molar-refractivity contribution >= 4 is 39.9 Å². The normalized spacial score (nSPS) is 15.6. The Hall–Kier alpha value is -4.66. The van der Waals surface area contributed by atoms with Gasteiger partial charge < -0.3 is 25.8 Å². The molecule has 1 fully saturated rings. The first kappa shape index (κ1) is 34.8. The van der Waals surface area contributed by atoms with Gasteiger partial charge >= 0.3 is 12.1 Å². The smallest absolute Gasteiger partial charge is 0.410 e. The van der Waals surface area contributed by atoms with Gasteiger partial charge in [-0.2, -0.15) is 0 Å². The van der Waals surface area contributed by atoms with Crippen molar-refractivity contribution in [2.45, 2.75) is 63.1 Å². The molecule has 1 saturated heterocycles. The summed E-state index contributed by atoms with van der Waals surface area (Å²) in [5.74, 6) is -2.16. The third kappa shape index (κ3) is 11.1. The summed E-state index contributed by atoms with van der Waals surface area (Å²) >= 11 is 0. The number of aryl methyl sites for hydroxylation is 1. The topological polar surface area (TPSA) is 199 Å². The Kier molecular flexibility index (Phi) is 13.1. The lowest BCUT2D eigenvalue weighted by molar-refractivity contribution is -0.143. The molecule has 3 amide bonds. The summed E-state index contributed by atoms with van der Waals surface area (Å²) in [6, 6.07) is 13.4. The summed E-state index contributed by atoms with van der Waals surface area (Å²) in [6.07, 6.45) is 0.610. The van der Waals surface area contributed by atoms with Gasteiger partial charge in [0.25, 0.3) is 10.0 Å². The fourth-order valence-electron chi connectivity index (χ4n) is 4.53. The average Bonchev–Trinajstić information content (AvgIpc) is 3.51. The van der Waals surface area contributed by atoms with Crippen LogP contribution in [0.1, 0.15) is 43.7 Å². The summed E-state index contributed by atoms with van der Waals surface area (Å²) in [6.45, 7) is 3.60. The summed E-state index contributed by atoms with van der Waals surface area (Å²) in [7, 11) is -3.93. The van der Waals surface area contributed by atoms with E-state index in [1.807, 2.05) is 37.3 Å². The van der Waals surface area contributed by atoms with Crippen molar-refractivity contribution < 1.29 is 37.1 Å². The van der Waals surface area contributed by atoms with Gasteiger partial charge in [-0.1, -0.05) is 48.0 Å². The standard InChI is InChI=1S/C30H40N6O8S/c1-3-43-26(37)19-33-27(38)24(11-7-17-32-29(31)35-45(41,42)23-15-13-21(2)14-16-23)34-28(39)25-12-8-18-36(25)30(40)44-20-22-9-5-4-6-10-22/h4-6,9-10,13-16,24-25H,3,7-8,11-12,17-20H2,1-2H3,(H,33,38)(H,34,39)(H3,31,32,35)/t24-,25+/m1/s1. The molecule has 2 aromatic carbocycles. The third-order valence-corrected chi connectivity index (χ3v) is 8.21. The second-order valence-electron chi connectivity index (χ2n) is 10.3. The van der Waals surface area contributed by atoms with Gasteiger partial charge in [-0.15, -0.1) is 0 Å². The zero-order valence-electron chi connectivity index (χ0n) is 25.4. The Morgan fingerprint density at radius 1 is 1.07 bits per heavy atom.